The van der Waals surface area contributed by atoms with Gasteiger partial charge in [-0.15, -0.1) is 0 Å². The average Bonchev–Trinajstić information content (AvgIpc) is 2.58. The van der Waals surface area contributed by atoms with Gasteiger partial charge in [0.1, 0.15) is 12.4 Å². The number of rotatable bonds is 7. The fraction of sp³-hybridized carbons (Fsp3) is 0.263. The van der Waals surface area contributed by atoms with Gasteiger partial charge < -0.3 is 20.0 Å². The number of benzene rings is 2. The molecule has 0 radical (unpaired) electrons. The molecule has 0 aliphatic rings. The number of ether oxygens (including phenoxy) is 1. The summed E-state index contributed by atoms with van der Waals surface area (Å²) in [6.07, 6.45) is 0. The van der Waals surface area contributed by atoms with Crippen LogP contribution in [0.3, 0.4) is 0 Å². The van der Waals surface area contributed by atoms with Crippen LogP contribution >= 0.6 is 0 Å². The molecule has 0 aromatic heterocycles. The van der Waals surface area contributed by atoms with Crippen molar-refractivity contribution in [3.05, 3.63) is 65.2 Å². The third-order valence-electron chi connectivity index (χ3n) is 3.57. The first-order chi connectivity index (χ1) is 11.5. The molecule has 0 bridgehead atoms. The van der Waals surface area contributed by atoms with Crippen LogP contribution in [0.4, 0.5) is 0 Å². The fourth-order valence-electron chi connectivity index (χ4n) is 2.32. The molecule has 0 saturated heterocycles. The Morgan fingerprint density at radius 1 is 1.08 bits per heavy atom. The van der Waals surface area contributed by atoms with Gasteiger partial charge in [-0.2, -0.15) is 0 Å². The van der Waals surface area contributed by atoms with Crippen LogP contribution in [0.1, 0.15) is 46.0 Å². The number of amides is 1. The monoisotopic (exact) mass is 349 g/mol. The Bertz CT molecular complexity index is 714. The summed E-state index contributed by atoms with van der Waals surface area (Å²) < 4.78 is 5.48. The van der Waals surface area contributed by atoms with Gasteiger partial charge in [-0.25, -0.2) is 0 Å². The van der Waals surface area contributed by atoms with Crippen molar-refractivity contribution in [1.29, 1.82) is 0 Å². The number of hydrogen-bond donors (Lipinski definition) is 1. The number of nitrogens with one attached hydrogen (secondary N) is 1. The molecular formula is C19H20NNaO4. The Balaban J connectivity index is 0.00000312. The molecule has 0 unspecified atom stereocenters. The Morgan fingerprint density at radius 2 is 1.72 bits per heavy atom. The maximum Gasteiger partial charge on any atom is 1.00 e. The van der Waals surface area contributed by atoms with E-state index in [1.807, 2.05) is 38.1 Å². The van der Waals surface area contributed by atoms with E-state index in [2.05, 4.69) is 5.32 Å². The third kappa shape index (κ3) is 6.20. The molecule has 1 N–H and O–H groups in total. The zero-order chi connectivity index (χ0) is 17.5. The second-order valence-electron chi connectivity index (χ2n) is 5.66. The van der Waals surface area contributed by atoms with Gasteiger partial charge in [0.2, 0.25) is 0 Å². The second-order valence-corrected chi connectivity index (χ2v) is 5.66. The minimum absolute atomic E-state index is 0. The first-order valence-electron chi connectivity index (χ1n) is 7.80. The molecule has 2 aromatic rings. The van der Waals surface area contributed by atoms with Crippen molar-refractivity contribution in [2.45, 2.75) is 19.8 Å². The van der Waals surface area contributed by atoms with Crippen LogP contribution < -0.4 is 44.7 Å². The molecule has 0 saturated carbocycles. The largest absolute Gasteiger partial charge is 1.00 e. The average molecular weight is 349 g/mol. The summed E-state index contributed by atoms with van der Waals surface area (Å²) in [6, 6.07) is 13.5. The van der Waals surface area contributed by atoms with Gasteiger partial charge in [0.25, 0.3) is 5.91 Å². The number of carboxylic acid groups (broad SMARTS) is 1. The Morgan fingerprint density at radius 3 is 2.32 bits per heavy atom. The summed E-state index contributed by atoms with van der Waals surface area (Å²) in [5.74, 6) is -0.546. The molecule has 126 valence electrons. The fourth-order valence-corrected chi connectivity index (χ4v) is 2.32. The van der Waals surface area contributed by atoms with Crippen LogP contribution in [-0.2, 0) is 0 Å². The third-order valence-corrected chi connectivity index (χ3v) is 3.57. The van der Waals surface area contributed by atoms with Crippen LogP contribution in [0.25, 0.3) is 0 Å². The molecular weight excluding hydrogens is 329 g/mol. The number of carbonyl (C=O) groups is 2. The van der Waals surface area contributed by atoms with Crippen molar-refractivity contribution in [2.75, 3.05) is 13.2 Å². The SMILES string of the molecule is CC(C)c1ccccc1C(=O)NCCOc1ccc(C(=O)[O-])cc1.[Na+]. The van der Waals surface area contributed by atoms with E-state index in [4.69, 9.17) is 4.74 Å². The summed E-state index contributed by atoms with van der Waals surface area (Å²) in [5.41, 5.74) is 1.78. The molecule has 0 spiro atoms. The van der Waals surface area contributed by atoms with Crippen molar-refractivity contribution in [2.24, 2.45) is 0 Å². The van der Waals surface area contributed by atoms with Crippen molar-refractivity contribution in [1.82, 2.24) is 5.32 Å². The summed E-state index contributed by atoms with van der Waals surface area (Å²) >= 11 is 0. The predicted molar refractivity (Wildman–Crippen MR) is 89.1 cm³/mol. The van der Waals surface area contributed by atoms with Gasteiger partial charge in [-0.3, -0.25) is 4.79 Å². The molecule has 0 atom stereocenters. The quantitative estimate of drug-likeness (QED) is 0.513. The number of carbonyl (C=O) groups excluding carboxylic acids is 2. The zero-order valence-electron chi connectivity index (χ0n) is 14.7. The van der Waals surface area contributed by atoms with Crippen molar-refractivity contribution < 1.29 is 49.0 Å². The summed E-state index contributed by atoms with van der Waals surface area (Å²) in [6.45, 7) is 4.74. The summed E-state index contributed by atoms with van der Waals surface area (Å²) in [7, 11) is 0. The van der Waals surface area contributed by atoms with Gasteiger partial charge in [0, 0.05) is 5.56 Å². The topological polar surface area (TPSA) is 78.5 Å². The number of aromatic carboxylic acids is 1. The normalized spacial score (nSPS) is 10.0. The molecule has 5 nitrogen and oxygen atoms in total. The smallest absolute Gasteiger partial charge is 0.545 e. The molecule has 1 amide bonds. The van der Waals surface area contributed by atoms with E-state index in [1.165, 1.54) is 12.1 Å². The zero-order valence-corrected chi connectivity index (χ0v) is 16.7. The summed E-state index contributed by atoms with van der Waals surface area (Å²) in [5, 5.41) is 13.5. The van der Waals surface area contributed by atoms with Crippen LogP contribution in [0, 0.1) is 0 Å². The van der Waals surface area contributed by atoms with Gasteiger partial charge in [0.05, 0.1) is 12.5 Å². The van der Waals surface area contributed by atoms with Gasteiger partial charge in [0.15, 0.2) is 0 Å². The molecule has 0 aliphatic heterocycles. The van der Waals surface area contributed by atoms with Crippen molar-refractivity contribution in [3.8, 4) is 5.75 Å². The standard InChI is InChI=1S/C19H21NO4.Na/c1-13(2)16-5-3-4-6-17(16)18(21)20-11-12-24-15-9-7-14(8-10-15)19(22)23;/h3-10,13H,11-12H2,1-2H3,(H,20,21)(H,22,23);/q;+1/p-1. The van der Waals surface area contributed by atoms with Crippen molar-refractivity contribution >= 4 is 11.9 Å². The summed E-state index contributed by atoms with van der Waals surface area (Å²) in [4.78, 5) is 22.9. The first-order valence-corrected chi connectivity index (χ1v) is 7.80. The van der Waals surface area contributed by atoms with E-state index in [9.17, 15) is 14.7 Å². The Kier molecular flexibility index (Phi) is 8.69. The van der Waals surface area contributed by atoms with Crippen LogP contribution in [0.2, 0.25) is 0 Å². The van der Waals surface area contributed by atoms with Gasteiger partial charge in [-0.1, -0.05) is 32.0 Å². The number of hydrogen-bond acceptors (Lipinski definition) is 4. The Labute approximate surface area is 169 Å². The van der Waals surface area contributed by atoms with E-state index < -0.39 is 5.97 Å². The van der Waals surface area contributed by atoms with E-state index >= 15 is 0 Å². The maximum atomic E-state index is 12.3. The van der Waals surface area contributed by atoms with E-state index in [1.54, 1.807) is 12.1 Å². The minimum Gasteiger partial charge on any atom is -0.545 e. The number of carboxylic acids is 1. The first kappa shape index (κ1) is 21.2. The van der Waals surface area contributed by atoms with E-state index in [0.29, 0.717) is 24.5 Å². The van der Waals surface area contributed by atoms with Crippen LogP contribution in [0.5, 0.6) is 5.75 Å². The minimum atomic E-state index is -1.22. The predicted octanol–water partition coefficient (Wildman–Crippen LogP) is -1.01. The molecule has 25 heavy (non-hydrogen) atoms. The van der Waals surface area contributed by atoms with Crippen molar-refractivity contribution in [3.63, 3.8) is 0 Å². The Hall–Kier alpha value is -1.82. The molecule has 2 aromatic carbocycles. The van der Waals surface area contributed by atoms with Gasteiger partial charge in [-0.05, 0) is 47.4 Å². The van der Waals surface area contributed by atoms with Gasteiger partial charge >= 0.3 is 29.6 Å². The van der Waals surface area contributed by atoms with Crippen LogP contribution in [0.15, 0.2) is 48.5 Å². The maximum absolute atomic E-state index is 12.3. The second kappa shape index (κ2) is 10.2. The molecule has 0 aliphatic carbocycles. The van der Waals surface area contributed by atoms with Crippen LogP contribution in [-0.4, -0.2) is 25.0 Å². The molecule has 2 rings (SSSR count). The van der Waals surface area contributed by atoms with E-state index in [-0.39, 0.29) is 46.9 Å². The molecule has 6 heteroatoms. The van der Waals surface area contributed by atoms with E-state index in [0.717, 1.165) is 5.56 Å². The molecule has 0 heterocycles. The molecule has 0 fully saturated rings.